The van der Waals surface area contributed by atoms with Crippen LogP contribution in [0.25, 0.3) is 0 Å². The first-order chi connectivity index (χ1) is 19.2. The van der Waals surface area contributed by atoms with Crippen molar-refractivity contribution in [2.24, 2.45) is 46.3 Å². The topological polar surface area (TPSA) is 0 Å². The lowest BCUT2D eigenvalue weighted by atomic mass is 9.64. The summed E-state index contributed by atoms with van der Waals surface area (Å²) in [5.41, 5.74) is 4.16. The quantitative estimate of drug-likeness (QED) is 0.296. The molecule has 0 aromatic rings. The van der Waals surface area contributed by atoms with Crippen LogP contribution in [-0.4, -0.2) is 0 Å². The third-order valence-corrected chi connectivity index (χ3v) is 12.3. The van der Waals surface area contributed by atoms with Crippen molar-refractivity contribution in [3.05, 3.63) is 23.3 Å². The van der Waals surface area contributed by atoms with Gasteiger partial charge in [-0.05, 0) is 110 Å². The summed E-state index contributed by atoms with van der Waals surface area (Å²) >= 11 is 0. The summed E-state index contributed by atoms with van der Waals surface area (Å²) in [6, 6.07) is 0. The average Bonchev–Trinajstić information content (AvgIpc) is 3.26. The van der Waals surface area contributed by atoms with E-state index in [1.54, 1.807) is 11.1 Å². The van der Waals surface area contributed by atoms with Crippen LogP contribution in [0.4, 0.5) is 0 Å². The predicted molar refractivity (Wildman–Crippen MR) is 178 cm³/mol. The van der Waals surface area contributed by atoms with Crippen LogP contribution in [-0.2, 0) is 0 Å². The highest BCUT2D eigenvalue weighted by Crippen LogP contribution is 2.51. The van der Waals surface area contributed by atoms with Crippen molar-refractivity contribution in [2.75, 3.05) is 0 Å². The molecule has 4 rings (SSSR count). The molecule has 4 aliphatic rings. The average molecular weight is 551 g/mol. The monoisotopic (exact) mass is 551 g/mol. The molecule has 0 heteroatoms. The lowest BCUT2D eigenvalue weighted by molar-refractivity contribution is 0.151. The molecular formula is C40H70. The number of hydrogen-bond acceptors (Lipinski definition) is 0. The fourth-order valence-electron chi connectivity index (χ4n) is 10.4. The molecule has 7 unspecified atom stereocenters. The zero-order valence-corrected chi connectivity index (χ0v) is 28.2. The Morgan fingerprint density at radius 3 is 2.25 bits per heavy atom. The summed E-state index contributed by atoms with van der Waals surface area (Å²) in [6.07, 6.45) is 37.7. The fraction of sp³-hybridized carbons (Fsp3) is 0.900. The van der Waals surface area contributed by atoms with Crippen LogP contribution in [0.5, 0.6) is 0 Å². The first-order valence-electron chi connectivity index (χ1n) is 18.6. The van der Waals surface area contributed by atoms with E-state index in [0.29, 0.717) is 16.7 Å². The van der Waals surface area contributed by atoms with Crippen molar-refractivity contribution in [3.8, 4) is 0 Å². The summed E-state index contributed by atoms with van der Waals surface area (Å²) in [5, 5.41) is 0. The van der Waals surface area contributed by atoms with Crippen LogP contribution in [0, 0.1) is 46.3 Å². The van der Waals surface area contributed by atoms with Gasteiger partial charge in [-0.3, -0.25) is 0 Å². The molecule has 3 fully saturated rings. The van der Waals surface area contributed by atoms with E-state index in [0.717, 1.165) is 29.6 Å². The van der Waals surface area contributed by atoms with Crippen molar-refractivity contribution in [1.29, 1.82) is 0 Å². The van der Waals surface area contributed by atoms with Gasteiger partial charge in [-0.25, -0.2) is 0 Å². The molecule has 0 heterocycles. The second-order valence-electron chi connectivity index (χ2n) is 17.0. The number of fused-ring (bicyclic) bond motifs is 2. The molecule has 230 valence electrons. The summed E-state index contributed by atoms with van der Waals surface area (Å²) in [4.78, 5) is 0. The van der Waals surface area contributed by atoms with Gasteiger partial charge in [-0.15, -0.1) is 0 Å². The molecular weight excluding hydrogens is 480 g/mol. The van der Waals surface area contributed by atoms with E-state index in [1.807, 2.05) is 0 Å². The Balaban J connectivity index is 1.49. The van der Waals surface area contributed by atoms with Gasteiger partial charge in [0.1, 0.15) is 0 Å². The van der Waals surface area contributed by atoms with Gasteiger partial charge in [-0.2, -0.15) is 0 Å². The van der Waals surface area contributed by atoms with E-state index in [-0.39, 0.29) is 0 Å². The third kappa shape index (κ3) is 9.76. The van der Waals surface area contributed by atoms with Crippen LogP contribution >= 0.6 is 0 Å². The van der Waals surface area contributed by atoms with E-state index < -0.39 is 0 Å². The molecule has 0 spiro atoms. The first-order valence-corrected chi connectivity index (χ1v) is 18.6. The Bertz CT molecular complexity index is 812. The van der Waals surface area contributed by atoms with Crippen LogP contribution in [0.3, 0.4) is 0 Å². The lowest BCUT2D eigenvalue weighted by Gasteiger charge is -2.40. The Hall–Kier alpha value is -0.520. The molecule has 0 N–H and O–H groups in total. The smallest absolute Gasteiger partial charge is 0.00168 e. The highest BCUT2D eigenvalue weighted by atomic mass is 14.4. The first kappa shape index (κ1) is 32.4. The molecule has 0 radical (unpaired) electrons. The molecule has 0 aromatic carbocycles. The summed E-state index contributed by atoms with van der Waals surface area (Å²) in [7, 11) is 0. The highest BCUT2D eigenvalue weighted by Gasteiger charge is 2.39. The van der Waals surface area contributed by atoms with Crippen molar-refractivity contribution in [2.45, 2.75) is 183 Å². The normalized spacial score (nSPS) is 38.1. The zero-order valence-electron chi connectivity index (χ0n) is 28.2. The zero-order chi connectivity index (χ0) is 28.6. The molecule has 2 bridgehead atoms. The molecule has 3 saturated carbocycles. The predicted octanol–water partition coefficient (Wildman–Crippen LogP) is 13.3. The minimum atomic E-state index is 0.338. The molecule has 7 atom stereocenters. The van der Waals surface area contributed by atoms with Gasteiger partial charge < -0.3 is 0 Å². The Labute approximate surface area is 252 Å². The molecule has 40 heavy (non-hydrogen) atoms. The largest absolute Gasteiger partial charge is 0.0736 e. The van der Waals surface area contributed by atoms with Gasteiger partial charge in [0, 0.05) is 0 Å². The van der Waals surface area contributed by atoms with Gasteiger partial charge in [0.2, 0.25) is 0 Å². The van der Waals surface area contributed by atoms with E-state index in [2.05, 4.69) is 53.7 Å². The fourth-order valence-corrected chi connectivity index (χ4v) is 10.4. The van der Waals surface area contributed by atoms with E-state index >= 15 is 0 Å². The second kappa shape index (κ2) is 15.3. The number of rotatable bonds is 7. The molecule has 0 aromatic heterocycles. The Kier molecular flexibility index (Phi) is 12.4. The standard InChI is InChI=1S/C40H70/c1-7-15-36-27-35-18-12-10-8-9-11-17-34(26-35)22-23-40(6,30-39(4,5)29-36)38-25-32(3)37(28-38)21-14-20-33-19-13-16-31(2)24-33/h25,28,31,33-37H,7-24,26-27,29-30H2,1-6H3. The van der Waals surface area contributed by atoms with Gasteiger partial charge in [0.05, 0.1) is 0 Å². The van der Waals surface area contributed by atoms with Crippen molar-refractivity contribution < 1.29 is 0 Å². The van der Waals surface area contributed by atoms with E-state index in [9.17, 15) is 0 Å². The maximum absolute atomic E-state index is 2.79. The third-order valence-electron chi connectivity index (χ3n) is 12.3. The molecule has 4 aliphatic carbocycles. The maximum atomic E-state index is 2.79. The van der Waals surface area contributed by atoms with Crippen molar-refractivity contribution in [3.63, 3.8) is 0 Å². The Morgan fingerprint density at radius 1 is 0.750 bits per heavy atom. The van der Waals surface area contributed by atoms with Crippen LogP contribution < -0.4 is 0 Å². The maximum Gasteiger partial charge on any atom is -0.00168 e. The summed E-state index contributed by atoms with van der Waals surface area (Å²) in [5.74, 6) is 5.57. The van der Waals surface area contributed by atoms with Crippen LogP contribution in [0.2, 0.25) is 0 Å². The van der Waals surface area contributed by atoms with E-state index in [1.165, 1.54) is 141 Å². The molecule has 0 amide bonds. The van der Waals surface area contributed by atoms with Gasteiger partial charge in [-0.1, -0.05) is 142 Å². The van der Waals surface area contributed by atoms with Crippen LogP contribution in [0.1, 0.15) is 183 Å². The highest BCUT2D eigenvalue weighted by molar-refractivity contribution is 5.39. The summed E-state index contributed by atoms with van der Waals surface area (Å²) in [6.45, 7) is 15.4. The van der Waals surface area contributed by atoms with Gasteiger partial charge in [0.25, 0.3) is 0 Å². The lowest BCUT2D eigenvalue weighted by Crippen LogP contribution is -2.29. The van der Waals surface area contributed by atoms with Crippen molar-refractivity contribution in [1.82, 2.24) is 0 Å². The van der Waals surface area contributed by atoms with Crippen molar-refractivity contribution >= 4 is 0 Å². The van der Waals surface area contributed by atoms with Crippen LogP contribution in [0.15, 0.2) is 23.3 Å². The number of allylic oxidation sites excluding steroid dienone is 4. The van der Waals surface area contributed by atoms with E-state index in [4.69, 9.17) is 0 Å². The minimum Gasteiger partial charge on any atom is -0.0736 e. The number of hydrogen-bond donors (Lipinski definition) is 0. The minimum absolute atomic E-state index is 0.338. The second-order valence-corrected chi connectivity index (χ2v) is 17.0. The van der Waals surface area contributed by atoms with Gasteiger partial charge in [0.15, 0.2) is 0 Å². The SMILES string of the molecule is CCCC1CC2CCCCCCCC(CCC(C)(C3=CC(CCCC4CCCC(C)C4)C(C)=C3)CC(C)(C)C1)C2. The molecule has 0 nitrogen and oxygen atoms in total. The molecule has 0 saturated heterocycles. The molecule has 0 aliphatic heterocycles. The Morgan fingerprint density at radius 2 is 1.50 bits per heavy atom. The van der Waals surface area contributed by atoms with Gasteiger partial charge >= 0.3 is 0 Å². The summed E-state index contributed by atoms with van der Waals surface area (Å²) < 4.78 is 0.